The molecule has 1 aromatic carbocycles. The fourth-order valence-corrected chi connectivity index (χ4v) is 3.44. The van der Waals surface area contributed by atoms with E-state index in [2.05, 4.69) is 10.3 Å². The van der Waals surface area contributed by atoms with E-state index >= 15 is 0 Å². The van der Waals surface area contributed by atoms with Crippen LogP contribution in [0.15, 0.2) is 36.4 Å². The van der Waals surface area contributed by atoms with Crippen molar-refractivity contribution in [2.75, 3.05) is 5.32 Å². The maximum atomic E-state index is 13.8. The highest BCUT2D eigenvalue weighted by Gasteiger charge is 2.15. The predicted molar refractivity (Wildman–Crippen MR) is 94.2 cm³/mol. The minimum atomic E-state index is -0.227. The third kappa shape index (κ3) is 3.23. The number of rotatable bonds is 4. The minimum absolute atomic E-state index is 0.197. The summed E-state index contributed by atoms with van der Waals surface area (Å²) in [4.78, 5) is 17.7. The normalized spacial score (nSPS) is 10.8. The highest BCUT2D eigenvalue weighted by Crippen LogP contribution is 2.26. The third-order valence-electron chi connectivity index (χ3n) is 4.03. The molecule has 0 radical (unpaired) electrons. The summed E-state index contributed by atoms with van der Waals surface area (Å²) in [5, 5.41) is 3.36. The Morgan fingerprint density at radius 1 is 1.25 bits per heavy atom. The molecule has 0 aliphatic rings. The van der Waals surface area contributed by atoms with Gasteiger partial charge in [0.1, 0.15) is 11.5 Å². The van der Waals surface area contributed by atoms with Gasteiger partial charge in [-0.3, -0.25) is 10.1 Å². The number of carbonyl (C=O) groups excluding carboxylic acids is 1. The van der Waals surface area contributed by atoms with E-state index in [0.717, 1.165) is 16.3 Å². The Bertz CT molecular complexity index is 898. The molecule has 3 rings (SSSR count). The summed E-state index contributed by atoms with van der Waals surface area (Å²) in [7, 11) is 1.85. The van der Waals surface area contributed by atoms with Gasteiger partial charge in [0.25, 0.3) is 5.91 Å². The molecule has 1 N–H and O–H groups in total. The van der Waals surface area contributed by atoms with E-state index in [1.54, 1.807) is 18.2 Å². The summed E-state index contributed by atoms with van der Waals surface area (Å²) in [5.41, 5.74) is 3.02. The first-order valence-electron chi connectivity index (χ1n) is 7.59. The van der Waals surface area contributed by atoms with E-state index in [-0.39, 0.29) is 11.7 Å². The lowest BCUT2D eigenvalue weighted by molar-refractivity contribution is 0.101. The van der Waals surface area contributed by atoms with Gasteiger partial charge in [-0.15, -0.1) is 11.3 Å². The molecule has 0 atom stereocenters. The molecule has 0 bridgehead atoms. The van der Waals surface area contributed by atoms with E-state index in [4.69, 9.17) is 0 Å². The first-order chi connectivity index (χ1) is 11.5. The van der Waals surface area contributed by atoms with Crippen molar-refractivity contribution >= 4 is 22.4 Å². The lowest BCUT2D eigenvalue weighted by atomic mass is 10.1. The molecule has 1 amide bonds. The van der Waals surface area contributed by atoms with Gasteiger partial charge in [0.05, 0.1) is 5.69 Å². The summed E-state index contributed by atoms with van der Waals surface area (Å²) in [6, 6.07) is 10.4. The molecule has 0 saturated heterocycles. The van der Waals surface area contributed by atoms with Crippen LogP contribution in [0.3, 0.4) is 0 Å². The number of aromatic nitrogens is 2. The second-order valence-electron chi connectivity index (χ2n) is 5.67. The summed E-state index contributed by atoms with van der Waals surface area (Å²) >= 11 is 1.38. The molecule has 6 heteroatoms. The Kier molecular flexibility index (Phi) is 4.49. The number of anilines is 1. The zero-order valence-corrected chi connectivity index (χ0v) is 14.6. The molecule has 0 aliphatic heterocycles. The van der Waals surface area contributed by atoms with Crippen molar-refractivity contribution in [1.82, 2.24) is 9.55 Å². The van der Waals surface area contributed by atoms with Gasteiger partial charge in [0.15, 0.2) is 5.13 Å². The van der Waals surface area contributed by atoms with Crippen molar-refractivity contribution in [3.63, 3.8) is 0 Å². The molecule has 2 aromatic heterocycles. The van der Waals surface area contributed by atoms with E-state index in [1.165, 1.54) is 17.4 Å². The molecule has 124 valence electrons. The standard InChI is InChI=1S/C18H18FN3OS/c1-11-8-9-15(22(11)3)17(23)21-18-20-12(2)16(24-18)10-13-6-4-5-7-14(13)19/h4-9H,10H2,1-3H3,(H,20,21,23). The van der Waals surface area contributed by atoms with Crippen molar-refractivity contribution in [1.29, 1.82) is 0 Å². The van der Waals surface area contributed by atoms with Gasteiger partial charge in [-0.1, -0.05) is 18.2 Å². The number of hydrogen-bond acceptors (Lipinski definition) is 3. The van der Waals surface area contributed by atoms with Crippen molar-refractivity contribution in [3.8, 4) is 0 Å². The highest BCUT2D eigenvalue weighted by molar-refractivity contribution is 7.15. The van der Waals surface area contributed by atoms with Gasteiger partial charge in [-0.05, 0) is 37.6 Å². The van der Waals surface area contributed by atoms with Crippen molar-refractivity contribution in [3.05, 3.63) is 69.7 Å². The van der Waals surface area contributed by atoms with Crippen LogP contribution in [0.1, 0.15) is 32.3 Å². The summed E-state index contributed by atoms with van der Waals surface area (Å²) in [5.74, 6) is -0.424. The van der Waals surface area contributed by atoms with Gasteiger partial charge in [0, 0.05) is 24.0 Å². The SMILES string of the molecule is Cc1nc(NC(=O)c2ccc(C)n2C)sc1Cc1ccccc1F. The van der Waals surface area contributed by atoms with Crippen molar-refractivity contribution in [2.45, 2.75) is 20.3 Å². The van der Waals surface area contributed by atoms with Crippen LogP contribution in [-0.4, -0.2) is 15.5 Å². The maximum absolute atomic E-state index is 13.8. The van der Waals surface area contributed by atoms with Crippen LogP contribution in [0.2, 0.25) is 0 Å². The molecule has 3 aromatic rings. The Hall–Kier alpha value is -2.47. The van der Waals surface area contributed by atoms with E-state index in [1.807, 2.05) is 37.6 Å². The Morgan fingerprint density at radius 2 is 2.00 bits per heavy atom. The summed E-state index contributed by atoms with van der Waals surface area (Å²) < 4.78 is 15.6. The van der Waals surface area contributed by atoms with Crippen molar-refractivity contribution < 1.29 is 9.18 Å². The van der Waals surface area contributed by atoms with Gasteiger partial charge < -0.3 is 4.57 Å². The Balaban J connectivity index is 1.78. The number of nitrogens with one attached hydrogen (secondary N) is 1. The molecule has 4 nitrogen and oxygen atoms in total. The highest BCUT2D eigenvalue weighted by atomic mass is 32.1. The maximum Gasteiger partial charge on any atom is 0.274 e. The van der Waals surface area contributed by atoms with Gasteiger partial charge in [-0.2, -0.15) is 0 Å². The first-order valence-corrected chi connectivity index (χ1v) is 8.40. The Morgan fingerprint density at radius 3 is 2.67 bits per heavy atom. The second kappa shape index (κ2) is 6.57. The first kappa shape index (κ1) is 16.4. The third-order valence-corrected chi connectivity index (χ3v) is 5.10. The molecular weight excluding hydrogens is 325 g/mol. The molecule has 0 saturated carbocycles. The lowest BCUT2D eigenvalue weighted by Gasteiger charge is -2.04. The van der Waals surface area contributed by atoms with E-state index < -0.39 is 0 Å². The number of nitrogens with zero attached hydrogens (tertiary/aromatic N) is 2. The van der Waals surface area contributed by atoms with Crippen LogP contribution in [0, 0.1) is 19.7 Å². The van der Waals surface area contributed by atoms with Crippen LogP contribution in [0.25, 0.3) is 0 Å². The van der Waals surface area contributed by atoms with E-state index in [9.17, 15) is 9.18 Å². The number of benzene rings is 1. The van der Waals surface area contributed by atoms with Gasteiger partial charge in [-0.25, -0.2) is 9.37 Å². The zero-order valence-electron chi connectivity index (χ0n) is 13.8. The van der Waals surface area contributed by atoms with Gasteiger partial charge in [0.2, 0.25) is 0 Å². The van der Waals surface area contributed by atoms with Crippen LogP contribution < -0.4 is 5.32 Å². The molecular formula is C18H18FN3OS. The molecule has 0 spiro atoms. The molecule has 24 heavy (non-hydrogen) atoms. The summed E-state index contributed by atoms with van der Waals surface area (Å²) in [6.07, 6.45) is 0.468. The molecule has 0 fully saturated rings. The zero-order chi connectivity index (χ0) is 17.3. The number of amides is 1. The molecule has 0 unspecified atom stereocenters. The van der Waals surface area contributed by atoms with E-state index in [0.29, 0.717) is 22.8 Å². The minimum Gasteiger partial charge on any atom is -0.344 e. The Labute approximate surface area is 144 Å². The number of aryl methyl sites for hydroxylation is 2. The average Bonchev–Trinajstić information content (AvgIpc) is 3.05. The number of hydrogen-bond donors (Lipinski definition) is 1. The van der Waals surface area contributed by atoms with Crippen LogP contribution in [0.4, 0.5) is 9.52 Å². The quantitative estimate of drug-likeness (QED) is 0.776. The predicted octanol–water partition coefficient (Wildman–Crippen LogP) is 4.08. The second-order valence-corrected chi connectivity index (χ2v) is 6.75. The van der Waals surface area contributed by atoms with Crippen LogP contribution >= 0.6 is 11.3 Å². The monoisotopic (exact) mass is 343 g/mol. The fourth-order valence-electron chi connectivity index (χ4n) is 2.46. The summed E-state index contributed by atoms with van der Waals surface area (Å²) in [6.45, 7) is 3.81. The number of thiazole rings is 1. The fraction of sp³-hybridized carbons (Fsp3) is 0.222. The van der Waals surface area contributed by atoms with Gasteiger partial charge >= 0.3 is 0 Å². The smallest absolute Gasteiger partial charge is 0.274 e. The topological polar surface area (TPSA) is 46.9 Å². The molecule has 0 aliphatic carbocycles. The van der Waals surface area contributed by atoms with Crippen molar-refractivity contribution in [2.24, 2.45) is 7.05 Å². The van der Waals surface area contributed by atoms with Crippen LogP contribution in [-0.2, 0) is 13.5 Å². The average molecular weight is 343 g/mol. The largest absolute Gasteiger partial charge is 0.344 e. The van der Waals surface area contributed by atoms with Crippen LogP contribution in [0.5, 0.6) is 0 Å². The number of carbonyl (C=O) groups is 1. The lowest BCUT2D eigenvalue weighted by Crippen LogP contribution is -2.15. The molecule has 2 heterocycles. The number of halogens is 1.